The summed E-state index contributed by atoms with van der Waals surface area (Å²) >= 11 is 6.15. The summed E-state index contributed by atoms with van der Waals surface area (Å²) < 4.78 is 16.1. The van der Waals surface area contributed by atoms with Crippen LogP contribution in [0.5, 0.6) is 0 Å². The van der Waals surface area contributed by atoms with Crippen molar-refractivity contribution in [3.8, 4) is 0 Å². The van der Waals surface area contributed by atoms with E-state index < -0.39 is 0 Å². The number of nitrogens with zero attached hydrogens (tertiary/aromatic N) is 3. The van der Waals surface area contributed by atoms with Crippen LogP contribution in [0.1, 0.15) is 35.4 Å². The zero-order chi connectivity index (χ0) is 22.5. The Hall–Kier alpha value is -2.70. The zero-order valence-corrected chi connectivity index (χ0v) is 19.0. The smallest absolute Gasteiger partial charge is 0.223 e. The number of aryl methyl sites for hydroxylation is 1. The Morgan fingerprint density at radius 3 is 2.62 bits per heavy atom. The number of carbonyl (C=O) groups is 1. The van der Waals surface area contributed by atoms with Gasteiger partial charge in [-0.05, 0) is 56.1 Å². The molecule has 0 spiro atoms. The molecule has 5 nitrogen and oxygen atoms in total. The summed E-state index contributed by atoms with van der Waals surface area (Å²) in [4.78, 5) is 19.1. The fraction of sp³-hybridized carbons (Fsp3) is 0.360. The van der Waals surface area contributed by atoms with Crippen molar-refractivity contribution >= 4 is 17.5 Å². The van der Waals surface area contributed by atoms with Gasteiger partial charge in [0.2, 0.25) is 5.91 Å². The number of hydrogen-bond acceptors (Lipinski definition) is 3. The summed E-state index contributed by atoms with van der Waals surface area (Å²) in [7, 11) is 0. The number of halogens is 2. The van der Waals surface area contributed by atoms with Gasteiger partial charge in [0.1, 0.15) is 11.6 Å². The van der Waals surface area contributed by atoms with Gasteiger partial charge in [-0.15, -0.1) is 0 Å². The maximum atomic E-state index is 14.0. The SMILES string of the molecule is Cc1nccn1Cc1cccc(CNC(=O)C2CCN(Cc3c(F)cccc3Cl)CC2)c1. The molecule has 3 aromatic rings. The lowest BCUT2D eigenvalue weighted by molar-refractivity contribution is -0.126. The van der Waals surface area contributed by atoms with E-state index in [4.69, 9.17) is 11.6 Å². The van der Waals surface area contributed by atoms with Gasteiger partial charge in [-0.1, -0.05) is 41.9 Å². The molecule has 1 N–H and O–H groups in total. The number of likely N-dealkylation sites (tertiary alicyclic amines) is 1. The lowest BCUT2D eigenvalue weighted by Gasteiger charge is -2.31. The van der Waals surface area contributed by atoms with E-state index in [9.17, 15) is 9.18 Å². The molecule has 2 aromatic carbocycles. The van der Waals surface area contributed by atoms with Gasteiger partial charge >= 0.3 is 0 Å². The van der Waals surface area contributed by atoms with Gasteiger partial charge in [-0.2, -0.15) is 0 Å². The normalized spacial score (nSPS) is 15.1. The third kappa shape index (κ3) is 5.56. The number of hydrogen-bond donors (Lipinski definition) is 1. The van der Waals surface area contributed by atoms with Crippen molar-refractivity contribution in [2.45, 2.75) is 39.4 Å². The molecule has 0 radical (unpaired) electrons. The number of imidazole rings is 1. The van der Waals surface area contributed by atoms with Crippen molar-refractivity contribution in [3.05, 3.63) is 88.2 Å². The lowest BCUT2D eigenvalue weighted by Crippen LogP contribution is -2.40. The summed E-state index contributed by atoms with van der Waals surface area (Å²) in [6.07, 6.45) is 5.29. The van der Waals surface area contributed by atoms with Gasteiger partial charge in [0, 0.05) is 48.5 Å². The quantitative estimate of drug-likeness (QED) is 0.569. The van der Waals surface area contributed by atoms with Gasteiger partial charge in [0.05, 0.1) is 0 Å². The maximum Gasteiger partial charge on any atom is 0.223 e. The Balaban J connectivity index is 1.26. The molecule has 0 unspecified atom stereocenters. The molecule has 168 valence electrons. The first-order valence-electron chi connectivity index (χ1n) is 11.0. The molecule has 0 aliphatic carbocycles. The average Bonchev–Trinajstić information content (AvgIpc) is 3.20. The van der Waals surface area contributed by atoms with Crippen LogP contribution in [0.2, 0.25) is 5.02 Å². The van der Waals surface area contributed by atoms with Crippen LogP contribution in [0, 0.1) is 18.7 Å². The van der Waals surface area contributed by atoms with Crippen LogP contribution < -0.4 is 5.32 Å². The van der Waals surface area contributed by atoms with Crippen LogP contribution in [-0.4, -0.2) is 33.4 Å². The Morgan fingerprint density at radius 1 is 1.16 bits per heavy atom. The van der Waals surface area contributed by atoms with E-state index in [1.54, 1.807) is 18.3 Å². The van der Waals surface area contributed by atoms with Gasteiger partial charge in [0.25, 0.3) is 0 Å². The number of benzene rings is 2. The molecule has 0 atom stereocenters. The zero-order valence-electron chi connectivity index (χ0n) is 18.2. The number of amides is 1. The Bertz CT molecular complexity index is 1060. The minimum atomic E-state index is -0.275. The van der Waals surface area contributed by atoms with Gasteiger partial charge in [-0.3, -0.25) is 9.69 Å². The van der Waals surface area contributed by atoms with Crippen molar-refractivity contribution in [1.82, 2.24) is 19.8 Å². The molecule has 32 heavy (non-hydrogen) atoms. The summed E-state index contributed by atoms with van der Waals surface area (Å²) in [6, 6.07) is 13.0. The first-order valence-corrected chi connectivity index (χ1v) is 11.4. The summed E-state index contributed by atoms with van der Waals surface area (Å²) in [5.74, 6) is 0.777. The highest BCUT2D eigenvalue weighted by molar-refractivity contribution is 6.31. The minimum Gasteiger partial charge on any atom is -0.352 e. The van der Waals surface area contributed by atoms with Crippen molar-refractivity contribution in [3.63, 3.8) is 0 Å². The van der Waals surface area contributed by atoms with Crippen molar-refractivity contribution in [2.24, 2.45) is 5.92 Å². The monoisotopic (exact) mass is 454 g/mol. The topological polar surface area (TPSA) is 50.2 Å². The maximum absolute atomic E-state index is 14.0. The first-order chi connectivity index (χ1) is 15.5. The van der Waals surface area contributed by atoms with Crippen LogP contribution >= 0.6 is 11.6 Å². The van der Waals surface area contributed by atoms with Crippen molar-refractivity contribution in [2.75, 3.05) is 13.1 Å². The van der Waals surface area contributed by atoms with Crippen LogP contribution in [0.3, 0.4) is 0 Å². The van der Waals surface area contributed by atoms with E-state index in [0.717, 1.165) is 43.9 Å². The highest BCUT2D eigenvalue weighted by Crippen LogP contribution is 2.24. The third-order valence-corrected chi connectivity index (χ3v) is 6.49. The largest absolute Gasteiger partial charge is 0.352 e. The van der Waals surface area contributed by atoms with E-state index in [1.807, 2.05) is 25.3 Å². The summed E-state index contributed by atoms with van der Waals surface area (Å²) in [6.45, 7) is 5.24. The van der Waals surface area contributed by atoms with Crippen molar-refractivity contribution < 1.29 is 9.18 Å². The molecule has 1 aliphatic heterocycles. The first kappa shape index (κ1) is 22.5. The number of aromatic nitrogens is 2. The lowest BCUT2D eigenvalue weighted by atomic mass is 9.95. The second kappa shape index (κ2) is 10.3. The molecule has 2 heterocycles. The minimum absolute atomic E-state index is 0.0147. The van der Waals surface area contributed by atoms with E-state index in [2.05, 4.69) is 31.9 Å². The molecular formula is C25H28ClFN4O. The summed E-state index contributed by atoms with van der Waals surface area (Å²) in [5, 5.41) is 3.55. The fourth-order valence-electron chi connectivity index (χ4n) is 4.20. The average molecular weight is 455 g/mol. The summed E-state index contributed by atoms with van der Waals surface area (Å²) in [5.41, 5.74) is 2.79. The molecule has 1 amide bonds. The van der Waals surface area contributed by atoms with Crippen LogP contribution in [0.15, 0.2) is 54.9 Å². The Kier molecular flexibility index (Phi) is 7.22. The van der Waals surface area contributed by atoms with E-state index in [0.29, 0.717) is 23.7 Å². The third-order valence-electron chi connectivity index (χ3n) is 6.14. The van der Waals surface area contributed by atoms with Gasteiger partial charge < -0.3 is 9.88 Å². The van der Waals surface area contributed by atoms with Crippen LogP contribution in [0.4, 0.5) is 4.39 Å². The second-order valence-electron chi connectivity index (χ2n) is 8.39. The van der Waals surface area contributed by atoms with E-state index >= 15 is 0 Å². The number of rotatable bonds is 7. The fourth-order valence-corrected chi connectivity index (χ4v) is 4.42. The molecule has 4 rings (SSSR count). The molecule has 1 saturated heterocycles. The van der Waals surface area contributed by atoms with Crippen LogP contribution in [-0.2, 0) is 24.4 Å². The predicted octanol–water partition coefficient (Wildman–Crippen LogP) is 4.56. The van der Waals surface area contributed by atoms with Gasteiger partial charge in [-0.25, -0.2) is 9.37 Å². The molecule has 0 bridgehead atoms. The molecule has 1 fully saturated rings. The highest BCUT2D eigenvalue weighted by atomic mass is 35.5. The Morgan fingerprint density at radius 2 is 1.91 bits per heavy atom. The van der Waals surface area contributed by atoms with E-state index in [1.165, 1.54) is 11.6 Å². The highest BCUT2D eigenvalue weighted by Gasteiger charge is 2.25. The molecular weight excluding hydrogens is 427 g/mol. The molecule has 1 aliphatic rings. The number of piperidine rings is 1. The Labute approximate surface area is 193 Å². The molecule has 0 saturated carbocycles. The molecule has 7 heteroatoms. The number of nitrogens with one attached hydrogen (secondary N) is 1. The predicted molar refractivity (Wildman–Crippen MR) is 124 cm³/mol. The van der Waals surface area contributed by atoms with Crippen LogP contribution in [0.25, 0.3) is 0 Å². The van der Waals surface area contributed by atoms with Crippen molar-refractivity contribution in [1.29, 1.82) is 0 Å². The van der Waals surface area contributed by atoms with E-state index in [-0.39, 0.29) is 17.6 Å². The molecule has 1 aromatic heterocycles. The standard InChI is InChI=1S/C25H28ClFN4O/c1-18-28-10-13-31(18)16-20-5-2-4-19(14-20)15-29-25(32)21-8-11-30(12-9-21)17-22-23(26)6-3-7-24(22)27/h2-7,10,13-14,21H,8-9,11-12,15-17H2,1H3,(H,29,32). The number of carbonyl (C=O) groups excluding carboxylic acids is 1. The second-order valence-corrected chi connectivity index (χ2v) is 8.80. The van der Waals surface area contributed by atoms with Gasteiger partial charge in [0.15, 0.2) is 0 Å².